The van der Waals surface area contributed by atoms with Gasteiger partial charge in [-0.05, 0) is 32.1 Å². The van der Waals surface area contributed by atoms with Crippen molar-refractivity contribution in [3.63, 3.8) is 0 Å². The zero-order valence-electron chi connectivity index (χ0n) is 10.6. The highest BCUT2D eigenvalue weighted by molar-refractivity contribution is 5.99. The molecule has 0 saturated heterocycles. The van der Waals surface area contributed by atoms with Gasteiger partial charge >= 0.3 is 11.9 Å². The van der Waals surface area contributed by atoms with E-state index in [0.29, 0.717) is 6.42 Å². The Kier molecular flexibility index (Phi) is 4.51. The van der Waals surface area contributed by atoms with Crippen LogP contribution in [-0.2, 0) is 19.1 Å². The van der Waals surface area contributed by atoms with Gasteiger partial charge in [0.05, 0.1) is 13.2 Å². The Morgan fingerprint density at radius 1 is 1.29 bits per heavy atom. The predicted octanol–water partition coefficient (Wildman–Crippen LogP) is 1.46. The maximum Gasteiger partial charge on any atom is 0.323 e. The van der Waals surface area contributed by atoms with E-state index in [1.165, 1.54) is 14.0 Å². The second kappa shape index (κ2) is 5.49. The van der Waals surface area contributed by atoms with Crippen molar-refractivity contribution in [3.05, 3.63) is 0 Å². The molecule has 1 saturated carbocycles. The number of aliphatic carboxylic acids is 1. The summed E-state index contributed by atoms with van der Waals surface area (Å²) in [7, 11) is 2.84. The summed E-state index contributed by atoms with van der Waals surface area (Å²) in [6.45, 7) is 1.45. The number of carbonyl (C=O) groups is 2. The number of hydrogen-bond acceptors (Lipinski definition) is 4. The Bertz CT molecular complexity index is 301. The minimum Gasteiger partial charge on any atom is -0.480 e. The fraction of sp³-hybridized carbons (Fsp3) is 0.833. The smallest absolute Gasteiger partial charge is 0.323 e. The van der Waals surface area contributed by atoms with Gasteiger partial charge in [0.1, 0.15) is 0 Å². The highest BCUT2D eigenvalue weighted by atomic mass is 16.5. The van der Waals surface area contributed by atoms with Crippen LogP contribution in [0.3, 0.4) is 0 Å². The molecule has 0 aliphatic heterocycles. The van der Waals surface area contributed by atoms with Crippen molar-refractivity contribution in [1.29, 1.82) is 0 Å². The molecule has 0 amide bonds. The van der Waals surface area contributed by atoms with Gasteiger partial charge in [-0.2, -0.15) is 0 Å². The third kappa shape index (κ3) is 2.60. The van der Waals surface area contributed by atoms with Crippen LogP contribution >= 0.6 is 0 Å². The molecule has 5 nitrogen and oxygen atoms in total. The van der Waals surface area contributed by atoms with Crippen LogP contribution in [0.5, 0.6) is 0 Å². The van der Waals surface area contributed by atoms with Gasteiger partial charge in [-0.25, -0.2) is 0 Å². The molecule has 0 aromatic rings. The van der Waals surface area contributed by atoms with Crippen LogP contribution in [0.25, 0.3) is 0 Å². The summed E-state index contributed by atoms with van der Waals surface area (Å²) in [4.78, 5) is 23.1. The van der Waals surface area contributed by atoms with E-state index in [9.17, 15) is 14.7 Å². The van der Waals surface area contributed by atoms with Gasteiger partial charge in [0.2, 0.25) is 0 Å². The molecule has 3 unspecified atom stereocenters. The van der Waals surface area contributed by atoms with Gasteiger partial charge < -0.3 is 14.6 Å². The first-order chi connectivity index (χ1) is 7.96. The van der Waals surface area contributed by atoms with E-state index in [-0.39, 0.29) is 12.0 Å². The molecule has 3 atom stereocenters. The Hall–Kier alpha value is -1.10. The Morgan fingerprint density at radius 3 is 2.41 bits per heavy atom. The Labute approximate surface area is 101 Å². The largest absolute Gasteiger partial charge is 0.480 e. The van der Waals surface area contributed by atoms with E-state index < -0.39 is 17.4 Å². The summed E-state index contributed by atoms with van der Waals surface area (Å²) in [6, 6.07) is 0. The van der Waals surface area contributed by atoms with Gasteiger partial charge in [-0.15, -0.1) is 0 Å². The molecule has 0 aromatic carbocycles. The summed E-state index contributed by atoms with van der Waals surface area (Å²) < 4.78 is 9.90. The van der Waals surface area contributed by atoms with E-state index in [4.69, 9.17) is 4.74 Å². The van der Waals surface area contributed by atoms with Crippen molar-refractivity contribution >= 4 is 11.9 Å². The minimum atomic E-state index is -1.47. The molecule has 0 bridgehead atoms. The molecule has 0 spiro atoms. The second-order valence-electron chi connectivity index (χ2n) is 4.72. The quantitative estimate of drug-likeness (QED) is 0.598. The Balaban J connectivity index is 2.91. The molecule has 1 rings (SSSR count). The van der Waals surface area contributed by atoms with Crippen molar-refractivity contribution in [1.82, 2.24) is 0 Å². The lowest BCUT2D eigenvalue weighted by Gasteiger charge is -2.36. The molecule has 5 heteroatoms. The molecular weight excluding hydrogens is 224 g/mol. The summed E-state index contributed by atoms with van der Waals surface area (Å²) in [6.07, 6.45) is 3.15. The zero-order chi connectivity index (χ0) is 13.1. The van der Waals surface area contributed by atoms with Crippen LogP contribution in [0, 0.1) is 11.3 Å². The van der Waals surface area contributed by atoms with E-state index >= 15 is 0 Å². The van der Waals surface area contributed by atoms with E-state index in [1.807, 2.05) is 0 Å². The van der Waals surface area contributed by atoms with Crippen molar-refractivity contribution in [2.24, 2.45) is 11.3 Å². The molecule has 17 heavy (non-hydrogen) atoms. The van der Waals surface area contributed by atoms with Gasteiger partial charge in [0.15, 0.2) is 5.41 Å². The van der Waals surface area contributed by atoms with E-state index in [2.05, 4.69) is 4.74 Å². The van der Waals surface area contributed by atoms with Crippen LogP contribution < -0.4 is 0 Å². The molecule has 0 radical (unpaired) electrons. The molecule has 1 aliphatic carbocycles. The molecule has 1 fully saturated rings. The number of methoxy groups -OCH3 is 2. The van der Waals surface area contributed by atoms with Gasteiger partial charge in [0, 0.05) is 7.11 Å². The fourth-order valence-corrected chi connectivity index (χ4v) is 2.52. The molecule has 1 N–H and O–H groups in total. The summed E-state index contributed by atoms with van der Waals surface area (Å²) in [5, 5.41) is 9.30. The summed E-state index contributed by atoms with van der Waals surface area (Å²) in [5.41, 5.74) is -1.47. The van der Waals surface area contributed by atoms with Gasteiger partial charge in [-0.3, -0.25) is 9.59 Å². The van der Waals surface area contributed by atoms with Crippen molar-refractivity contribution in [2.45, 2.75) is 38.7 Å². The average Bonchev–Trinajstić information content (AvgIpc) is 2.36. The van der Waals surface area contributed by atoms with E-state index in [1.54, 1.807) is 7.11 Å². The standard InChI is InChI=1S/C12H20O5/c1-12(10(13)14,11(15)17-3)8-5-4-6-9(7-8)16-2/h8-9H,4-7H2,1-3H3,(H,13,14). The SMILES string of the molecule is COC(=O)C(C)(C(=O)O)C1CCCC(OC)C1. The highest BCUT2D eigenvalue weighted by Gasteiger charge is 2.50. The topological polar surface area (TPSA) is 72.8 Å². The molecule has 0 heterocycles. The van der Waals surface area contributed by atoms with Gasteiger partial charge in [0.25, 0.3) is 0 Å². The highest BCUT2D eigenvalue weighted by Crippen LogP contribution is 2.40. The third-order valence-corrected chi connectivity index (χ3v) is 3.83. The lowest BCUT2D eigenvalue weighted by Crippen LogP contribution is -2.46. The maximum atomic E-state index is 11.7. The first kappa shape index (κ1) is 14.0. The predicted molar refractivity (Wildman–Crippen MR) is 60.5 cm³/mol. The lowest BCUT2D eigenvalue weighted by atomic mass is 9.69. The number of carbonyl (C=O) groups excluding carboxylic acids is 1. The minimum absolute atomic E-state index is 0.0390. The van der Waals surface area contributed by atoms with Crippen LogP contribution in [-0.4, -0.2) is 37.4 Å². The van der Waals surface area contributed by atoms with Crippen LogP contribution in [0.2, 0.25) is 0 Å². The molecule has 1 aliphatic rings. The summed E-state index contributed by atoms with van der Waals surface area (Å²) >= 11 is 0. The lowest BCUT2D eigenvalue weighted by molar-refractivity contribution is -0.172. The number of esters is 1. The maximum absolute atomic E-state index is 11.7. The molecule has 0 aromatic heterocycles. The number of hydrogen-bond donors (Lipinski definition) is 1. The number of carboxylic acid groups (broad SMARTS) is 1. The summed E-state index contributed by atoms with van der Waals surface area (Å²) in [5.74, 6) is -2.02. The van der Waals surface area contributed by atoms with Crippen LogP contribution in [0.15, 0.2) is 0 Å². The monoisotopic (exact) mass is 244 g/mol. The normalized spacial score (nSPS) is 28.2. The van der Waals surface area contributed by atoms with Gasteiger partial charge in [-0.1, -0.05) is 6.42 Å². The first-order valence-corrected chi connectivity index (χ1v) is 5.81. The number of carboxylic acids is 1. The fourth-order valence-electron chi connectivity index (χ4n) is 2.52. The van der Waals surface area contributed by atoms with Crippen molar-refractivity contribution < 1.29 is 24.2 Å². The van der Waals surface area contributed by atoms with E-state index in [0.717, 1.165) is 19.3 Å². The number of ether oxygens (including phenoxy) is 2. The Morgan fingerprint density at radius 2 is 1.94 bits per heavy atom. The average molecular weight is 244 g/mol. The molecule has 98 valence electrons. The number of rotatable bonds is 4. The van der Waals surface area contributed by atoms with Crippen molar-refractivity contribution in [2.75, 3.05) is 14.2 Å². The van der Waals surface area contributed by atoms with Crippen LogP contribution in [0.4, 0.5) is 0 Å². The third-order valence-electron chi connectivity index (χ3n) is 3.83. The van der Waals surface area contributed by atoms with Crippen LogP contribution in [0.1, 0.15) is 32.6 Å². The molecular formula is C12H20O5. The zero-order valence-corrected chi connectivity index (χ0v) is 10.6. The second-order valence-corrected chi connectivity index (χ2v) is 4.72. The van der Waals surface area contributed by atoms with Crippen molar-refractivity contribution in [3.8, 4) is 0 Å². The first-order valence-electron chi connectivity index (χ1n) is 5.81.